The van der Waals surface area contributed by atoms with Gasteiger partial charge in [-0.15, -0.1) is 11.3 Å². The van der Waals surface area contributed by atoms with Crippen molar-refractivity contribution in [1.29, 1.82) is 0 Å². The molecule has 2 heterocycles. The molecule has 1 amide bonds. The number of piperidine rings is 1. The summed E-state index contributed by atoms with van der Waals surface area (Å²) >= 11 is 1.78. The molecule has 0 bridgehead atoms. The van der Waals surface area contributed by atoms with Gasteiger partial charge in [0.25, 0.3) is 0 Å². The first-order valence-corrected chi connectivity index (χ1v) is 10.2. The number of ether oxygens (including phenoxy) is 1. The Balaban J connectivity index is 1.72. The van der Waals surface area contributed by atoms with E-state index in [1.165, 1.54) is 4.88 Å². The second-order valence-electron chi connectivity index (χ2n) is 7.64. The van der Waals surface area contributed by atoms with Gasteiger partial charge in [-0.1, -0.05) is 6.07 Å². The normalized spacial score (nSPS) is 18.5. The third kappa shape index (κ3) is 7.23. The van der Waals surface area contributed by atoms with E-state index in [9.17, 15) is 4.79 Å². The Morgan fingerprint density at radius 2 is 2.23 bits per heavy atom. The Morgan fingerprint density at radius 1 is 1.42 bits per heavy atom. The fraction of sp³-hybridized carbons (Fsp3) is 0.684. The van der Waals surface area contributed by atoms with Gasteiger partial charge in [0.2, 0.25) is 0 Å². The lowest BCUT2D eigenvalue weighted by Gasteiger charge is -2.34. The van der Waals surface area contributed by atoms with E-state index < -0.39 is 5.60 Å². The average Bonchev–Trinajstić information content (AvgIpc) is 3.10. The number of aliphatic imine (C=N–C) groups is 1. The van der Waals surface area contributed by atoms with Gasteiger partial charge in [-0.3, -0.25) is 4.99 Å². The lowest BCUT2D eigenvalue weighted by Crippen LogP contribution is -2.47. The van der Waals surface area contributed by atoms with E-state index in [2.05, 4.69) is 33.1 Å². The molecule has 1 aromatic rings. The third-order valence-corrected chi connectivity index (χ3v) is 5.13. The molecule has 146 valence electrons. The van der Waals surface area contributed by atoms with Crippen LogP contribution in [0.25, 0.3) is 0 Å². The Bertz CT molecular complexity index is 581. The molecule has 1 unspecified atom stereocenters. The summed E-state index contributed by atoms with van der Waals surface area (Å²) in [6, 6.07) is 4.22. The highest BCUT2D eigenvalue weighted by molar-refractivity contribution is 7.09. The van der Waals surface area contributed by atoms with Crippen LogP contribution < -0.4 is 10.6 Å². The van der Waals surface area contributed by atoms with Crippen molar-refractivity contribution < 1.29 is 9.53 Å². The summed E-state index contributed by atoms with van der Waals surface area (Å²) in [7, 11) is 1.79. The topological polar surface area (TPSA) is 66.0 Å². The standard InChI is InChI=1S/C19H32N4O2S/c1-19(2,3)25-18(24)23-11-5-7-15(14-23)13-22-17(20-4)21-10-9-16-8-6-12-26-16/h6,8,12,15H,5,7,9-11,13-14H2,1-4H3,(H2,20,21,22). The van der Waals surface area contributed by atoms with Gasteiger partial charge in [-0.05, 0) is 57.4 Å². The fourth-order valence-electron chi connectivity index (χ4n) is 2.94. The molecule has 0 saturated carbocycles. The first-order chi connectivity index (χ1) is 12.4. The number of hydrogen-bond donors (Lipinski definition) is 2. The molecule has 0 spiro atoms. The van der Waals surface area contributed by atoms with E-state index in [0.717, 1.165) is 51.4 Å². The number of hydrogen-bond acceptors (Lipinski definition) is 4. The molecule has 1 saturated heterocycles. The van der Waals surface area contributed by atoms with Gasteiger partial charge in [0.1, 0.15) is 5.60 Å². The summed E-state index contributed by atoms with van der Waals surface area (Å²) in [6.07, 6.45) is 2.91. The highest BCUT2D eigenvalue weighted by Gasteiger charge is 2.27. The minimum absolute atomic E-state index is 0.208. The van der Waals surface area contributed by atoms with Crippen LogP contribution >= 0.6 is 11.3 Å². The summed E-state index contributed by atoms with van der Waals surface area (Å²) in [5.41, 5.74) is -0.448. The lowest BCUT2D eigenvalue weighted by atomic mass is 9.98. The van der Waals surface area contributed by atoms with Crippen molar-refractivity contribution in [3.8, 4) is 0 Å². The molecule has 1 aliphatic rings. The van der Waals surface area contributed by atoms with Crippen LogP contribution in [-0.4, -0.2) is 55.8 Å². The SMILES string of the molecule is CN=C(NCCc1cccs1)NCC1CCCN(C(=O)OC(C)(C)C)C1. The average molecular weight is 381 g/mol. The van der Waals surface area contributed by atoms with E-state index in [4.69, 9.17) is 4.74 Å². The summed E-state index contributed by atoms with van der Waals surface area (Å²) < 4.78 is 5.49. The minimum Gasteiger partial charge on any atom is -0.444 e. The molecule has 0 radical (unpaired) electrons. The van der Waals surface area contributed by atoms with Gasteiger partial charge in [0.05, 0.1) is 0 Å². The highest BCUT2D eigenvalue weighted by Crippen LogP contribution is 2.18. The van der Waals surface area contributed by atoms with Gasteiger partial charge in [-0.25, -0.2) is 4.79 Å². The van der Waals surface area contributed by atoms with Crippen molar-refractivity contribution in [3.63, 3.8) is 0 Å². The van der Waals surface area contributed by atoms with Gasteiger partial charge >= 0.3 is 6.09 Å². The second kappa shape index (κ2) is 9.80. The molecule has 1 atom stereocenters. The molecule has 6 nitrogen and oxygen atoms in total. The number of carbonyl (C=O) groups excluding carboxylic acids is 1. The van der Waals surface area contributed by atoms with Crippen molar-refractivity contribution in [3.05, 3.63) is 22.4 Å². The molecule has 1 fully saturated rings. The zero-order chi connectivity index (χ0) is 19.0. The van der Waals surface area contributed by atoms with Crippen molar-refractivity contribution >= 4 is 23.4 Å². The molecule has 1 aromatic heterocycles. The van der Waals surface area contributed by atoms with E-state index in [-0.39, 0.29) is 6.09 Å². The van der Waals surface area contributed by atoms with Crippen molar-refractivity contribution in [2.45, 2.75) is 45.6 Å². The number of nitrogens with one attached hydrogen (secondary N) is 2. The lowest BCUT2D eigenvalue weighted by molar-refractivity contribution is 0.0168. The largest absolute Gasteiger partial charge is 0.444 e. The van der Waals surface area contributed by atoms with E-state index in [0.29, 0.717) is 5.92 Å². The number of thiophene rings is 1. The van der Waals surface area contributed by atoms with Crippen LogP contribution in [-0.2, 0) is 11.2 Å². The predicted molar refractivity (Wildman–Crippen MR) is 108 cm³/mol. The quantitative estimate of drug-likeness (QED) is 0.608. The number of guanidine groups is 1. The van der Waals surface area contributed by atoms with Crippen LogP contribution in [0, 0.1) is 5.92 Å². The van der Waals surface area contributed by atoms with Crippen molar-refractivity contribution in [1.82, 2.24) is 15.5 Å². The van der Waals surface area contributed by atoms with Crippen LogP contribution in [0.4, 0.5) is 4.79 Å². The smallest absolute Gasteiger partial charge is 0.410 e. The van der Waals surface area contributed by atoms with E-state index >= 15 is 0 Å². The second-order valence-corrected chi connectivity index (χ2v) is 8.68. The number of rotatable bonds is 5. The molecular weight excluding hydrogens is 348 g/mol. The summed E-state index contributed by atoms with van der Waals surface area (Å²) in [5, 5.41) is 8.84. The summed E-state index contributed by atoms with van der Waals surface area (Å²) in [5.74, 6) is 1.23. The molecule has 0 aromatic carbocycles. The van der Waals surface area contributed by atoms with Crippen LogP contribution in [0.1, 0.15) is 38.5 Å². The molecule has 0 aliphatic carbocycles. The van der Waals surface area contributed by atoms with Gasteiger partial charge < -0.3 is 20.3 Å². The van der Waals surface area contributed by atoms with Gasteiger partial charge in [-0.2, -0.15) is 0 Å². The molecular formula is C19H32N4O2S. The van der Waals surface area contributed by atoms with E-state index in [1.807, 2.05) is 25.7 Å². The summed E-state index contributed by atoms with van der Waals surface area (Å²) in [6.45, 7) is 8.87. The maximum atomic E-state index is 12.3. The number of likely N-dealkylation sites (tertiary alicyclic amines) is 1. The van der Waals surface area contributed by atoms with Crippen LogP contribution in [0.2, 0.25) is 0 Å². The molecule has 26 heavy (non-hydrogen) atoms. The zero-order valence-electron chi connectivity index (χ0n) is 16.4. The number of nitrogens with zero attached hydrogens (tertiary/aromatic N) is 2. The number of carbonyl (C=O) groups is 1. The predicted octanol–water partition coefficient (Wildman–Crippen LogP) is 3.10. The minimum atomic E-state index is -0.448. The van der Waals surface area contributed by atoms with Crippen LogP contribution in [0.5, 0.6) is 0 Å². The van der Waals surface area contributed by atoms with Gasteiger partial charge in [0, 0.05) is 38.1 Å². The number of amides is 1. The molecule has 1 aliphatic heterocycles. The van der Waals surface area contributed by atoms with Crippen molar-refractivity contribution in [2.75, 3.05) is 33.2 Å². The van der Waals surface area contributed by atoms with E-state index in [1.54, 1.807) is 18.4 Å². The van der Waals surface area contributed by atoms with Crippen LogP contribution in [0.3, 0.4) is 0 Å². The maximum Gasteiger partial charge on any atom is 0.410 e. The van der Waals surface area contributed by atoms with Crippen LogP contribution in [0.15, 0.2) is 22.5 Å². The molecule has 2 rings (SSSR count). The Kier molecular flexibility index (Phi) is 7.75. The maximum absolute atomic E-state index is 12.3. The molecule has 7 heteroatoms. The first-order valence-electron chi connectivity index (χ1n) is 9.32. The first kappa shape index (κ1) is 20.6. The Hall–Kier alpha value is -1.76. The fourth-order valence-corrected chi connectivity index (χ4v) is 3.65. The van der Waals surface area contributed by atoms with Gasteiger partial charge in [0.15, 0.2) is 5.96 Å². The molecule has 2 N–H and O–H groups in total. The highest BCUT2D eigenvalue weighted by atomic mass is 32.1. The summed E-state index contributed by atoms with van der Waals surface area (Å²) in [4.78, 5) is 19.7. The zero-order valence-corrected chi connectivity index (χ0v) is 17.2. The Morgan fingerprint density at radius 3 is 2.88 bits per heavy atom. The monoisotopic (exact) mass is 380 g/mol. The van der Waals surface area contributed by atoms with Crippen molar-refractivity contribution in [2.24, 2.45) is 10.9 Å². The third-order valence-electron chi connectivity index (χ3n) is 4.20. The Labute approximate surface area is 161 Å².